The number of anilines is 4. The summed E-state index contributed by atoms with van der Waals surface area (Å²) in [5.41, 5.74) is 11.1. The van der Waals surface area contributed by atoms with Gasteiger partial charge in [-0.25, -0.2) is 0 Å². The molecule has 4 aliphatic rings. The minimum atomic E-state index is 1.04. The van der Waals surface area contributed by atoms with Crippen LogP contribution in [0.3, 0.4) is 0 Å². The summed E-state index contributed by atoms with van der Waals surface area (Å²) < 4.78 is 0. The minimum Gasteiger partial charge on any atom is -0.377 e. The van der Waals surface area contributed by atoms with Gasteiger partial charge < -0.3 is 19.6 Å². The van der Waals surface area contributed by atoms with E-state index in [9.17, 15) is 0 Å². The molecule has 152 valence electrons. The molecule has 4 heteroatoms. The van der Waals surface area contributed by atoms with Gasteiger partial charge in [-0.05, 0) is 72.2 Å². The minimum absolute atomic E-state index is 1.04. The van der Waals surface area contributed by atoms with Gasteiger partial charge in [-0.2, -0.15) is 0 Å². The summed E-state index contributed by atoms with van der Waals surface area (Å²) in [5.74, 6) is 0. The Kier molecular flexibility index (Phi) is 5.78. The number of hydrogen-bond donors (Lipinski definition) is 0. The fourth-order valence-electron chi connectivity index (χ4n) is 4.33. The van der Waals surface area contributed by atoms with Gasteiger partial charge in [0, 0.05) is 79.1 Å². The summed E-state index contributed by atoms with van der Waals surface area (Å²) >= 11 is 0. The summed E-state index contributed by atoms with van der Waals surface area (Å²) in [6.45, 7) is 0. The second kappa shape index (κ2) is 7.94. The molecule has 28 heavy (non-hydrogen) atoms. The van der Waals surface area contributed by atoms with E-state index < -0.39 is 0 Å². The van der Waals surface area contributed by atoms with Crippen LogP contribution in [0.25, 0.3) is 0 Å². The van der Waals surface area contributed by atoms with Crippen molar-refractivity contribution in [2.45, 2.75) is 25.7 Å². The molecule has 0 heterocycles. The zero-order chi connectivity index (χ0) is 20.6. The van der Waals surface area contributed by atoms with E-state index in [2.05, 4.69) is 100 Å². The van der Waals surface area contributed by atoms with E-state index in [1.165, 1.54) is 45.0 Å². The molecule has 0 unspecified atom stereocenters. The Labute approximate surface area is 171 Å². The molecule has 4 bridgehead atoms. The van der Waals surface area contributed by atoms with Crippen LogP contribution in [0.5, 0.6) is 0 Å². The Morgan fingerprint density at radius 1 is 0.393 bits per heavy atom. The first-order chi connectivity index (χ1) is 13.2. The topological polar surface area (TPSA) is 13.0 Å². The molecule has 0 fully saturated rings. The third-order valence-corrected chi connectivity index (χ3v) is 5.81. The van der Waals surface area contributed by atoms with E-state index >= 15 is 0 Å². The quantitative estimate of drug-likeness (QED) is 0.799. The van der Waals surface area contributed by atoms with E-state index in [1.54, 1.807) is 0 Å². The molecule has 4 nitrogen and oxygen atoms in total. The Balaban J connectivity index is 2.19. The Hall–Kier alpha value is -2.36. The molecule has 0 radical (unpaired) electrons. The van der Waals surface area contributed by atoms with Crippen LogP contribution in [0.2, 0.25) is 0 Å². The molecule has 0 aromatic heterocycles. The molecule has 2 aromatic carbocycles. The van der Waals surface area contributed by atoms with Crippen LogP contribution in [0.15, 0.2) is 24.3 Å². The van der Waals surface area contributed by atoms with E-state index in [-0.39, 0.29) is 0 Å². The lowest BCUT2D eigenvalue weighted by atomic mass is 9.91. The molecule has 2 aromatic rings. The molecule has 0 atom stereocenters. The summed E-state index contributed by atoms with van der Waals surface area (Å²) in [7, 11) is 17.3. The normalized spacial score (nSPS) is 13.1. The lowest BCUT2D eigenvalue weighted by Gasteiger charge is -2.28. The van der Waals surface area contributed by atoms with Gasteiger partial charge in [0.05, 0.1) is 0 Å². The summed E-state index contributed by atoms with van der Waals surface area (Å²) in [6, 6.07) is 9.67. The average molecular weight is 381 g/mol. The molecule has 0 spiro atoms. The summed E-state index contributed by atoms with van der Waals surface area (Å²) in [4.78, 5) is 9.07. The lowest BCUT2D eigenvalue weighted by molar-refractivity contribution is 0.890. The smallest absolute Gasteiger partial charge is 0.0397 e. The molecule has 0 amide bonds. The van der Waals surface area contributed by atoms with Crippen LogP contribution in [-0.2, 0) is 25.7 Å². The Morgan fingerprint density at radius 3 is 0.714 bits per heavy atom. The van der Waals surface area contributed by atoms with Gasteiger partial charge in [0.1, 0.15) is 0 Å². The van der Waals surface area contributed by atoms with Gasteiger partial charge in [0.15, 0.2) is 0 Å². The second-order valence-corrected chi connectivity index (χ2v) is 8.80. The molecule has 6 rings (SSSR count). The van der Waals surface area contributed by atoms with Gasteiger partial charge in [-0.3, -0.25) is 0 Å². The SMILES string of the molecule is CN(C)c1cc2c(N(C)C)cc1CCc1cc(N(C)C)c(cc1N(C)C)CC2. The largest absolute Gasteiger partial charge is 0.377 e. The van der Waals surface area contributed by atoms with Gasteiger partial charge in [-0.15, -0.1) is 0 Å². The van der Waals surface area contributed by atoms with Crippen LogP contribution < -0.4 is 19.6 Å². The monoisotopic (exact) mass is 380 g/mol. The third-order valence-electron chi connectivity index (χ3n) is 5.81. The second-order valence-electron chi connectivity index (χ2n) is 8.80. The maximum Gasteiger partial charge on any atom is 0.0397 e. The van der Waals surface area contributed by atoms with Crippen LogP contribution in [0, 0.1) is 0 Å². The fraction of sp³-hybridized carbons (Fsp3) is 0.500. The van der Waals surface area contributed by atoms with Gasteiger partial charge in [-0.1, -0.05) is 0 Å². The van der Waals surface area contributed by atoms with E-state index in [0.29, 0.717) is 0 Å². The van der Waals surface area contributed by atoms with Crippen molar-refractivity contribution in [3.05, 3.63) is 46.5 Å². The van der Waals surface area contributed by atoms with Gasteiger partial charge >= 0.3 is 0 Å². The lowest BCUT2D eigenvalue weighted by Crippen LogP contribution is -2.19. The first kappa shape index (κ1) is 20.4. The molecule has 4 aliphatic carbocycles. The number of rotatable bonds is 4. The van der Waals surface area contributed by atoms with Crippen LogP contribution >= 0.6 is 0 Å². The highest BCUT2D eigenvalue weighted by Gasteiger charge is 2.19. The van der Waals surface area contributed by atoms with E-state index in [0.717, 1.165) is 25.7 Å². The van der Waals surface area contributed by atoms with Gasteiger partial charge in [0.2, 0.25) is 0 Å². The first-order valence-electron chi connectivity index (χ1n) is 10.2. The zero-order valence-electron chi connectivity index (χ0n) is 18.9. The fourth-order valence-corrected chi connectivity index (χ4v) is 4.33. The third kappa shape index (κ3) is 3.91. The summed E-state index contributed by atoms with van der Waals surface area (Å²) in [6.07, 6.45) is 4.17. The highest BCUT2D eigenvalue weighted by atomic mass is 15.1. The predicted molar refractivity (Wildman–Crippen MR) is 125 cm³/mol. The average Bonchev–Trinajstić information content (AvgIpc) is 2.61. The molecule has 0 N–H and O–H groups in total. The number of hydrogen-bond acceptors (Lipinski definition) is 4. The molecular weight excluding hydrogens is 344 g/mol. The first-order valence-corrected chi connectivity index (χ1v) is 10.2. The molecule has 0 aliphatic heterocycles. The van der Waals surface area contributed by atoms with Crippen molar-refractivity contribution in [2.24, 2.45) is 0 Å². The summed E-state index contributed by atoms with van der Waals surface area (Å²) in [5, 5.41) is 0. The number of benzene rings is 2. The predicted octanol–water partition coefficient (Wildman–Crippen LogP) is 3.83. The van der Waals surface area contributed by atoms with Crippen molar-refractivity contribution in [1.82, 2.24) is 0 Å². The highest BCUT2D eigenvalue weighted by molar-refractivity contribution is 5.69. The number of nitrogens with zero attached hydrogens (tertiary/aromatic N) is 4. The molecular formula is C24H36N4. The van der Waals surface area contributed by atoms with Crippen molar-refractivity contribution in [2.75, 3.05) is 76.0 Å². The van der Waals surface area contributed by atoms with Crippen molar-refractivity contribution in [1.29, 1.82) is 0 Å². The zero-order valence-corrected chi connectivity index (χ0v) is 18.9. The Bertz CT molecular complexity index is 707. The van der Waals surface area contributed by atoms with Crippen molar-refractivity contribution in [3.63, 3.8) is 0 Å². The van der Waals surface area contributed by atoms with Crippen molar-refractivity contribution >= 4 is 22.7 Å². The van der Waals surface area contributed by atoms with Crippen LogP contribution in [0.4, 0.5) is 22.7 Å². The van der Waals surface area contributed by atoms with Crippen LogP contribution in [-0.4, -0.2) is 56.4 Å². The van der Waals surface area contributed by atoms with Crippen molar-refractivity contribution in [3.8, 4) is 0 Å². The number of aryl methyl sites for hydroxylation is 4. The van der Waals surface area contributed by atoms with Crippen LogP contribution in [0.1, 0.15) is 22.3 Å². The maximum absolute atomic E-state index is 2.42. The van der Waals surface area contributed by atoms with E-state index in [4.69, 9.17) is 0 Å². The molecule has 0 saturated heterocycles. The maximum atomic E-state index is 2.42. The standard InChI is InChI=1S/C24H36N4/c1-25(2)21-13-18-11-12-20-16-23(27(5)6)19(15-24(20)28(7)8)10-9-17(21)14-22(18)26(3)4/h13-16H,9-12H2,1-8H3. The Morgan fingerprint density at radius 2 is 0.571 bits per heavy atom. The highest BCUT2D eigenvalue weighted by Crippen LogP contribution is 2.36. The van der Waals surface area contributed by atoms with E-state index in [1.807, 2.05) is 0 Å². The van der Waals surface area contributed by atoms with Gasteiger partial charge in [0.25, 0.3) is 0 Å². The van der Waals surface area contributed by atoms with Crippen molar-refractivity contribution < 1.29 is 0 Å². The molecule has 0 saturated carbocycles.